The van der Waals surface area contributed by atoms with Crippen molar-refractivity contribution in [3.05, 3.63) is 29.1 Å². The molecule has 0 aliphatic carbocycles. The van der Waals surface area contributed by atoms with Gasteiger partial charge in [-0.2, -0.15) is 13.2 Å². The smallest absolute Gasteiger partial charge is 0.427 e. The molecule has 0 aromatic heterocycles. The third-order valence-corrected chi connectivity index (χ3v) is 1.75. The number of benzene rings is 1. The van der Waals surface area contributed by atoms with E-state index in [4.69, 9.17) is 5.11 Å². The van der Waals surface area contributed by atoms with Crippen molar-refractivity contribution in [1.29, 1.82) is 0 Å². The molecular formula is C9H4F6O3. The zero-order valence-electron chi connectivity index (χ0n) is 8.32. The lowest BCUT2D eigenvalue weighted by Gasteiger charge is -2.16. The van der Waals surface area contributed by atoms with E-state index >= 15 is 0 Å². The zero-order valence-corrected chi connectivity index (χ0v) is 8.32. The molecule has 0 spiro atoms. The van der Waals surface area contributed by atoms with Crippen LogP contribution in [0.3, 0.4) is 0 Å². The molecule has 3 nitrogen and oxygen atoms in total. The molecule has 1 rings (SSSR count). The lowest BCUT2D eigenvalue weighted by Crippen LogP contribution is -2.28. The second-order valence-corrected chi connectivity index (χ2v) is 3.04. The van der Waals surface area contributed by atoms with E-state index in [-0.39, 0.29) is 6.07 Å². The van der Waals surface area contributed by atoms with Crippen molar-refractivity contribution >= 4 is 5.97 Å². The van der Waals surface area contributed by atoms with Gasteiger partial charge in [0, 0.05) is 0 Å². The zero-order chi connectivity index (χ0) is 14.1. The first-order chi connectivity index (χ1) is 8.19. The molecule has 1 N–H and O–H groups in total. The molecule has 0 aliphatic rings. The predicted octanol–water partition coefficient (Wildman–Crippen LogP) is 2.74. The third kappa shape index (κ3) is 2.66. The number of rotatable bonds is 4. The number of aromatic carboxylic acids is 1. The van der Waals surface area contributed by atoms with Crippen LogP contribution in [0, 0.1) is 17.5 Å². The van der Waals surface area contributed by atoms with Crippen LogP contribution in [0.2, 0.25) is 0 Å². The average molecular weight is 274 g/mol. The van der Waals surface area contributed by atoms with E-state index < -0.39 is 47.5 Å². The normalized spacial score (nSPS) is 11.4. The highest BCUT2D eigenvalue weighted by atomic mass is 19.3. The quantitative estimate of drug-likeness (QED) is 0.678. The van der Waals surface area contributed by atoms with Crippen molar-refractivity contribution in [2.75, 3.05) is 6.67 Å². The molecule has 100 valence electrons. The van der Waals surface area contributed by atoms with Crippen LogP contribution >= 0.6 is 0 Å². The molecule has 9 heteroatoms. The first-order valence-electron chi connectivity index (χ1n) is 4.23. The molecule has 1 aromatic carbocycles. The highest BCUT2D eigenvalue weighted by Crippen LogP contribution is 2.31. The molecule has 0 atom stereocenters. The van der Waals surface area contributed by atoms with Gasteiger partial charge < -0.3 is 9.84 Å². The average Bonchev–Trinajstić information content (AvgIpc) is 2.29. The maximum atomic E-state index is 13.3. The summed E-state index contributed by atoms with van der Waals surface area (Å²) in [6.45, 7) is -2.43. The number of alkyl halides is 3. The van der Waals surface area contributed by atoms with Crippen LogP contribution in [0.1, 0.15) is 10.4 Å². The van der Waals surface area contributed by atoms with Crippen LogP contribution in [-0.2, 0) is 0 Å². The number of ether oxygens (including phenoxy) is 1. The lowest BCUT2D eigenvalue weighted by molar-refractivity contribution is -0.189. The number of carboxylic acids is 1. The van der Waals surface area contributed by atoms with Crippen molar-refractivity contribution in [3.63, 3.8) is 0 Å². The van der Waals surface area contributed by atoms with Gasteiger partial charge in [0.1, 0.15) is 5.56 Å². The maximum Gasteiger partial charge on any atom is 0.427 e. The number of halogens is 6. The number of hydrogen-bond donors (Lipinski definition) is 1. The Balaban J connectivity index is 3.38. The van der Waals surface area contributed by atoms with Crippen LogP contribution in [0.25, 0.3) is 0 Å². The topological polar surface area (TPSA) is 46.5 Å². The SMILES string of the molecule is O=C(O)c1cc(F)c(F)c(OC(F)(F)CF)c1F. The molecular weight excluding hydrogens is 270 g/mol. The summed E-state index contributed by atoms with van der Waals surface area (Å²) < 4.78 is 79.1. The molecule has 0 aliphatic heterocycles. The molecule has 0 saturated heterocycles. The summed E-state index contributed by atoms with van der Waals surface area (Å²) in [5.41, 5.74) is -1.42. The van der Waals surface area contributed by atoms with E-state index in [1.54, 1.807) is 0 Å². The van der Waals surface area contributed by atoms with Crippen molar-refractivity contribution in [3.8, 4) is 5.75 Å². The van der Waals surface area contributed by atoms with E-state index in [9.17, 15) is 31.1 Å². The van der Waals surface area contributed by atoms with Gasteiger partial charge in [0.25, 0.3) is 0 Å². The Hall–Kier alpha value is -1.93. The fourth-order valence-electron chi connectivity index (χ4n) is 1.00. The fourth-order valence-corrected chi connectivity index (χ4v) is 1.00. The number of carbonyl (C=O) groups is 1. The van der Waals surface area contributed by atoms with Crippen molar-refractivity contribution in [1.82, 2.24) is 0 Å². The second-order valence-electron chi connectivity index (χ2n) is 3.04. The summed E-state index contributed by atoms with van der Waals surface area (Å²) in [6.07, 6.45) is -4.61. The Morgan fingerprint density at radius 3 is 2.28 bits per heavy atom. The molecule has 0 saturated carbocycles. The molecule has 0 radical (unpaired) electrons. The van der Waals surface area contributed by atoms with E-state index in [0.717, 1.165) is 0 Å². The van der Waals surface area contributed by atoms with Gasteiger partial charge >= 0.3 is 12.1 Å². The van der Waals surface area contributed by atoms with E-state index in [0.29, 0.717) is 0 Å². The minimum absolute atomic E-state index is 0.0482. The Morgan fingerprint density at radius 1 is 1.28 bits per heavy atom. The van der Waals surface area contributed by atoms with Gasteiger partial charge in [-0.05, 0) is 6.07 Å². The Morgan fingerprint density at radius 2 is 1.83 bits per heavy atom. The monoisotopic (exact) mass is 274 g/mol. The largest absolute Gasteiger partial charge is 0.478 e. The highest BCUT2D eigenvalue weighted by Gasteiger charge is 2.36. The van der Waals surface area contributed by atoms with Crippen molar-refractivity contribution in [2.45, 2.75) is 6.11 Å². The number of carboxylic acid groups (broad SMARTS) is 1. The summed E-state index contributed by atoms with van der Waals surface area (Å²) in [5, 5.41) is 8.41. The second kappa shape index (κ2) is 4.75. The maximum absolute atomic E-state index is 13.3. The van der Waals surface area contributed by atoms with Crippen LogP contribution < -0.4 is 4.74 Å². The van der Waals surface area contributed by atoms with Gasteiger partial charge in [0.15, 0.2) is 18.3 Å². The molecule has 0 heterocycles. The van der Waals surface area contributed by atoms with E-state index in [1.165, 1.54) is 0 Å². The summed E-state index contributed by atoms with van der Waals surface area (Å²) in [6, 6.07) is -0.0482. The molecule has 0 fully saturated rings. The van der Waals surface area contributed by atoms with E-state index in [1.807, 2.05) is 0 Å². The molecule has 0 unspecified atom stereocenters. The summed E-state index contributed by atoms with van der Waals surface area (Å²) >= 11 is 0. The molecule has 0 amide bonds. The first kappa shape index (κ1) is 14.1. The van der Waals surface area contributed by atoms with Crippen LogP contribution in [0.4, 0.5) is 26.3 Å². The molecule has 0 bridgehead atoms. The van der Waals surface area contributed by atoms with Gasteiger partial charge in [0.05, 0.1) is 0 Å². The Kier molecular flexibility index (Phi) is 3.73. The van der Waals surface area contributed by atoms with Crippen LogP contribution in [0.5, 0.6) is 5.75 Å². The summed E-state index contributed by atoms with van der Waals surface area (Å²) in [5.74, 6) is -10.2. The van der Waals surface area contributed by atoms with Gasteiger partial charge in [0.2, 0.25) is 11.6 Å². The highest BCUT2D eigenvalue weighted by molar-refractivity contribution is 5.88. The molecule has 18 heavy (non-hydrogen) atoms. The minimum Gasteiger partial charge on any atom is -0.478 e. The lowest BCUT2D eigenvalue weighted by atomic mass is 10.2. The fraction of sp³-hybridized carbons (Fsp3) is 0.222. The van der Waals surface area contributed by atoms with E-state index in [2.05, 4.69) is 4.74 Å². The predicted molar refractivity (Wildman–Crippen MR) is 44.8 cm³/mol. The third-order valence-electron chi connectivity index (χ3n) is 1.75. The van der Waals surface area contributed by atoms with Gasteiger partial charge in [-0.25, -0.2) is 18.0 Å². The summed E-state index contributed by atoms with van der Waals surface area (Å²) in [7, 11) is 0. The van der Waals surface area contributed by atoms with Gasteiger partial charge in [-0.15, -0.1) is 0 Å². The molecule has 1 aromatic rings. The summed E-state index contributed by atoms with van der Waals surface area (Å²) in [4.78, 5) is 10.4. The standard InChI is InChI=1S/C9H4F6O3/c10-2-9(14,15)18-7-5(12)3(8(16)17)1-4(11)6(7)13/h1H,2H2,(H,16,17). The Bertz CT molecular complexity index is 488. The van der Waals surface area contributed by atoms with Crippen LogP contribution in [-0.4, -0.2) is 23.9 Å². The van der Waals surface area contributed by atoms with Crippen molar-refractivity contribution < 1.29 is 41.0 Å². The van der Waals surface area contributed by atoms with Crippen molar-refractivity contribution in [2.24, 2.45) is 0 Å². The Labute approximate surface area is 95.6 Å². The van der Waals surface area contributed by atoms with Gasteiger partial charge in [-0.1, -0.05) is 0 Å². The number of hydrogen-bond acceptors (Lipinski definition) is 2. The van der Waals surface area contributed by atoms with Crippen LogP contribution in [0.15, 0.2) is 6.07 Å². The van der Waals surface area contributed by atoms with Gasteiger partial charge in [-0.3, -0.25) is 0 Å². The minimum atomic E-state index is -4.61. The first-order valence-corrected chi connectivity index (χ1v) is 4.23.